The Kier molecular flexibility index (Phi) is 9.78. The van der Waals surface area contributed by atoms with Crippen LogP contribution < -0.4 is 14.2 Å². The molecule has 0 saturated heterocycles. The van der Waals surface area contributed by atoms with Gasteiger partial charge in [0.15, 0.2) is 24.5 Å². The van der Waals surface area contributed by atoms with Gasteiger partial charge in [-0.2, -0.15) is 13.2 Å². The molecule has 1 aliphatic heterocycles. The second kappa shape index (κ2) is 13.1. The number of nitrogens with zero attached hydrogens (tertiary/aromatic N) is 1. The van der Waals surface area contributed by atoms with Crippen molar-refractivity contribution in [3.63, 3.8) is 0 Å². The quantitative estimate of drug-likeness (QED) is 0.113. The van der Waals surface area contributed by atoms with Crippen molar-refractivity contribution in [3.8, 4) is 22.6 Å². The second-order valence-electron chi connectivity index (χ2n) is 8.85. The molecular weight excluding hydrogens is 637 g/mol. The van der Waals surface area contributed by atoms with Crippen molar-refractivity contribution in [1.29, 1.82) is 5.41 Å². The van der Waals surface area contributed by atoms with E-state index in [0.29, 0.717) is 16.7 Å². The Bertz CT molecular complexity index is 1610. The van der Waals surface area contributed by atoms with Crippen molar-refractivity contribution >= 4 is 58.9 Å². The first kappa shape index (κ1) is 32.0. The molecule has 0 atom stereocenters. The molecular formula is C28H21Cl2F4N3O5S. The molecule has 3 aromatic rings. The number of methoxy groups -OCH3 is 1. The Labute approximate surface area is 257 Å². The predicted molar refractivity (Wildman–Crippen MR) is 155 cm³/mol. The van der Waals surface area contributed by atoms with Crippen LogP contribution in [0, 0.1) is 11.2 Å². The first-order chi connectivity index (χ1) is 20.4. The minimum atomic E-state index is -4.80. The maximum absolute atomic E-state index is 15.3. The van der Waals surface area contributed by atoms with E-state index in [-0.39, 0.29) is 45.8 Å². The van der Waals surface area contributed by atoms with Crippen LogP contribution in [0.15, 0.2) is 48.7 Å². The summed E-state index contributed by atoms with van der Waals surface area (Å²) in [6.45, 7) is -0.297. The second-order valence-corrected chi connectivity index (χ2v) is 10.5. The Morgan fingerprint density at radius 2 is 1.84 bits per heavy atom. The molecule has 0 spiro atoms. The molecule has 43 heavy (non-hydrogen) atoms. The van der Waals surface area contributed by atoms with Gasteiger partial charge in [0.2, 0.25) is 0 Å². The van der Waals surface area contributed by atoms with E-state index >= 15 is 4.39 Å². The fourth-order valence-electron chi connectivity index (χ4n) is 4.27. The van der Waals surface area contributed by atoms with Crippen LogP contribution in [0.25, 0.3) is 16.7 Å². The van der Waals surface area contributed by atoms with Crippen LogP contribution in [-0.2, 0) is 11.3 Å². The summed E-state index contributed by atoms with van der Waals surface area (Å²) in [6.07, 6.45) is 2.67. The number of nitrogens with one attached hydrogen (secondary N) is 2. The monoisotopic (exact) mass is 657 g/mol. The molecule has 0 fully saturated rings. The van der Waals surface area contributed by atoms with E-state index in [9.17, 15) is 22.8 Å². The number of hydrogen-bond acceptors (Lipinski definition) is 8. The number of carbonyl (C=O) groups is 2. The van der Waals surface area contributed by atoms with Gasteiger partial charge >= 0.3 is 11.5 Å². The van der Waals surface area contributed by atoms with Gasteiger partial charge in [-0.3, -0.25) is 4.79 Å². The lowest BCUT2D eigenvalue weighted by atomic mass is 9.98. The van der Waals surface area contributed by atoms with Gasteiger partial charge < -0.3 is 29.3 Å². The minimum Gasteiger partial charge on any atom is -0.472 e. The number of esters is 1. The number of allylic oxidation sites excluding steroid dienone is 1. The first-order valence-corrected chi connectivity index (χ1v) is 13.6. The zero-order valence-corrected chi connectivity index (χ0v) is 24.6. The van der Waals surface area contributed by atoms with Crippen LogP contribution in [0.5, 0.6) is 11.5 Å². The number of carbonyl (C=O) groups excluding carboxylic acids is 2. The summed E-state index contributed by atoms with van der Waals surface area (Å²) < 4.78 is 68.9. The average molecular weight is 658 g/mol. The standard InChI is InChI=1S/C28H21Cl2F4N3O5S/c1-36-11-16(10-35)15-6-20(29)24(21(30)7-15)26(38)37-12-14-4-3-5-17(25(14)41-13-37)18-9-23(42-43-28(32,33)34)19(8-22(18)31)27(39)40-2/h3-11,35-36H,12-13H2,1-2H3/b16-11+,35-10?. The fraction of sp³-hybridized carbons (Fsp3) is 0.179. The lowest BCUT2D eigenvalue weighted by molar-refractivity contribution is -0.0370. The number of halogens is 6. The van der Waals surface area contributed by atoms with Gasteiger partial charge in [-0.05, 0) is 29.8 Å². The van der Waals surface area contributed by atoms with E-state index in [1.165, 1.54) is 23.1 Å². The highest BCUT2D eigenvalue weighted by molar-refractivity contribution is 7.95. The molecule has 8 nitrogen and oxygen atoms in total. The van der Waals surface area contributed by atoms with E-state index in [1.54, 1.807) is 25.4 Å². The fourth-order valence-corrected chi connectivity index (χ4v) is 5.24. The zero-order valence-electron chi connectivity index (χ0n) is 22.3. The van der Waals surface area contributed by atoms with E-state index < -0.39 is 46.6 Å². The highest BCUT2D eigenvalue weighted by Crippen LogP contribution is 2.42. The first-order valence-electron chi connectivity index (χ1n) is 12.1. The highest BCUT2D eigenvalue weighted by atomic mass is 35.5. The van der Waals surface area contributed by atoms with Crippen LogP contribution in [0.1, 0.15) is 31.8 Å². The number of para-hydroxylation sites is 1. The molecule has 1 heterocycles. The number of hydrogen-bond donors (Lipinski definition) is 2. The van der Waals surface area contributed by atoms with Gasteiger partial charge in [0, 0.05) is 41.7 Å². The summed E-state index contributed by atoms with van der Waals surface area (Å²) >= 11 is 12.0. The van der Waals surface area contributed by atoms with Crippen molar-refractivity contribution in [3.05, 3.63) is 86.8 Å². The summed E-state index contributed by atoms with van der Waals surface area (Å²) in [5, 5.41) is 10.5. The van der Waals surface area contributed by atoms with E-state index in [0.717, 1.165) is 25.5 Å². The SMILES string of the molecule is CN/C=C(\C=N)c1cc(Cl)c(C(=O)N2COc3c(cccc3-c3cc(OSC(F)(F)F)c(C(=O)OC)cc3F)C2)c(Cl)c1. The zero-order chi connectivity index (χ0) is 31.5. The number of rotatable bonds is 8. The lowest BCUT2D eigenvalue weighted by Gasteiger charge is -2.31. The topological polar surface area (TPSA) is 101 Å². The van der Waals surface area contributed by atoms with Crippen LogP contribution in [0.3, 0.4) is 0 Å². The van der Waals surface area contributed by atoms with Gasteiger partial charge in [-0.1, -0.05) is 41.4 Å². The Hall–Kier alpha value is -3.94. The predicted octanol–water partition coefficient (Wildman–Crippen LogP) is 7.34. The van der Waals surface area contributed by atoms with Gasteiger partial charge in [0.25, 0.3) is 5.91 Å². The third-order valence-electron chi connectivity index (χ3n) is 6.15. The van der Waals surface area contributed by atoms with Gasteiger partial charge in [-0.15, -0.1) is 0 Å². The maximum Gasteiger partial charge on any atom is 0.479 e. The number of ether oxygens (including phenoxy) is 2. The van der Waals surface area contributed by atoms with E-state index in [4.69, 9.17) is 37.5 Å². The maximum atomic E-state index is 15.3. The molecule has 226 valence electrons. The summed E-state index contributed by atoms with van der Waals surface area (Å²) in [5.74, 6) is -3.00. The number of benzene rings is 3. The molecule has 4 rings (SSSR count). The smallest absolute Gasteiger partial charge is 0.472 e. The normalized spacial score (nSPS) is 13.1. The molecule has 1 amide bonds. The van der Waals surface area contributed by atoms with Crippen LogP contribution in [-0.4, -0.2) is 49.4 Å². The molecule has 0 saturated carbocycles. The van der Waals surface area contributed by atoms with E-state index in [2.05, 4.69) is 10.1 Å². The Morgan fingerprint density at radius 1 is 1.14 bits per heavy atom. The minimum absolute atomic E-state index is 0.00301. The molecule has 2 N–H and O–H groups in total. The van der Waals surface area contributed by atoms with Gasteiger partial charge in [0.1, 0.15) is 17.1 Å². The van der Waals surface area contributed by atoms with Crippen molar-refractivity contribution in [2.75, 3.05) is 20.9 Å². The lowest BCUT2D eigenvalue weighted by Crippen LogP contribution is -2.37. The van der Waals surface area contributed by atoms with E-state index in [1.807, 2.05) is 0 Å². The molecule has 0 radical (unpaired) electrons. The highest BCUT2D eigenvalue weighted by Gasteiger charge is 2.33. The molecule has 3 aromatic carbocycles. The molecule has 0 unspecified atom stereocenters. The Morgan fingerprint density at radius 3 is 2.44 bits per heavy atom. The molecule has 0 aromatic heterocycles. The number of amides is 1. The average Bonchev–Trinajstić information content (AvgIpc) is 2.97. The van der Waals surface area contributed by atoms with Gasteiger partial charge in [0.05, 0.1) is 29.3 Å². The number of fused-ring (bicyclic) bond motifs is 1. The molecule has 0 aliphatic carbocycles. The van der Waals surface area contributed by atoms with Crippen LogP contribution in [0.4, 0.5) is 17.6 Å². The largest absolute Gasteiger partial charge is 0.479 e. The van der Waals surface area contributed by atoms with Crippen LogP contribution >= 0.6 is 35.2 Å². The summed E-state index contributed by atoms with van der Waals surface area (Å²) in [6, 6.07) is 9.32. The van der Waals surface area contributed by atoms with Gasteiger partial charge in [-0.25, -0.2) is 9.18 Å². The molecule has 1 aliphatic rings. The third-order valence-corrected chi connectivity index (χ3v) is 7.19. The number of alkyl halides is 3. The van der Waals surface area contributed by atoms with Crippen molar-refractivity contribution < 1.29 is 40.8 Å². The van der Waals surface area contributed by atoms with Crippen molar-refractivity contribution in [2.45, 2.75) is 12.1 Å². The molecule has 0 bridgehead atoms. The van der Waals surface area contributed by atoms with Crippen molar-refractivity contribution in [2.24, 2.45) is 0 Å². The van der Waals surface area contributed by atoms with Crippen LogP contribution in [0.2, 0.25) is 10.0 Å². The summed E-state index contributed by atoms with van der Waals surface area (Å²) in [5.41, 5.74) is -3.95. The summed E-state index contributed by atoms with van der Waals surface area (Å²) in [7, 11) is 2.65. The van der Waals surface area contributed by atoms with Crippen molar-refractivity contribution in [1.82, 2.24) is 10.2 Å². The summed E-state index contributed by atoms with van der Waals surface area (Å²) in [4.78, 5) is 26.9. The third kappa shape index (κ3) is 7.00. The Balaban J connectivity index is 1.67. The molecule has 15 heteroatoms.